The van der Waals surface area contributed by atoms with Gasteiger partial charge in [0.05, 0.1) is 6.10 Å². The third-order valence-electron chi connectivity index (χ3n) is 7.41. The Hall–Kier alpha value is -1.13. The molecule has 1 aliphatic heterocycles. The van der Waals surface area contributed by atoms with Gasteiger partial charge in [-0.2, -0.15) is 0 Å². The quantitative estimate of drug-likeness (QED) is 0.614. The van der Waals surface area contributed by atoms with Crippen molar-refractivity contribution in [2.75, 3.05) is 0 Å². The molecule has 0 unspecified atom stereocenters. The number of rotatable bonds is 3. The highest BCUT2D eigenvalue weighted by Crippen LogP contribution is 2.62. The molecule has 0 amide bonds. The summed E-state index contributed by atoms with van der Waals surface area (Å²) in [6.45, 7) is 9.18. The first kappa shape index (κ1) is 17.7. The summed E-state index contributed by atoms with van der Waals surface area (Å²) < 4.78 is 4.74. The van der Waals surface area contributed by atoms with Crippen molar-refractivity contribution in [1.82, 2.24) is 0 Å². The van der Waals surface area contributed by atoms with Crippen LogP contribution in [-0.2, 0) is 9.53 Å². The molecule has 0 aromatic rings. The van der Waals surface area contributed by atoms with E-state index in [2.05, 4.69) is 33.8 Å². The smallest absolute Gasteiger partial charge is 0.333 e. The number of hydrogen-bond donors (Lipinski definition) is 2. The number of aliphatic hydroxyl groups is 2. The van der Waals surface area contributed by atoms with Crippen LogP contribution in [0.25, 0.3) is 0 Å². The van der Waals surface area contributed by atoms with E-state index in [9.17, 15) is 15.0 Å². The summed E-state index contributed by atoms with van der Waals surface area (Å²) in [6, 6.07) is 0. The minimum Gasteiger partial charge on any atom is -0.429 e. The fourth-order valence-electron chi connectivity index (χ4n) is 5.47. The maximum atomic E-state index is 11.3. The molecule has 4 heteroatoms. The van der Waals surface area contributed by atoms with Crippen LogP contribution in [0.3, 0.4) is 0 Å². The third-order valence-corrected chi connectivity index (χ3v) is 7.41. The lowest BCUT2D eigenvalue weighted by Crippen LogP contribution is -2.51. The van der Waals surface area contributed by atoms with Crippen LogP contribution >= 0.6 is 0 Å². The van der Waals surface area contributed by atoms with E-state index in [1.807, 2.05) is 0 Å². The molecule has 6 atom stereocenters. The predicted molar refractivity (Wildman–Crippen MR) is 91.9 cm³/mol. The average Bonchev–Trinajstić information content (AvgIpc) is 2.85. The number of cyclic esters (lactones) is 1. The lowest BCUT2D eigenvalue weighted by atomic mass is 9.46. The van der Waals surface area contributed by atoms with E-state index in [-0.39, 0.29) is 10.8 Å². The molecule has 1 saturated carbocycles. The van der Waals surface area contributed by atoms with Gasteiger partial charge in [0.2, 0.25) is 6.29 Å². The summed E-state index contributed by atoms with van der Waals surface area (Å²) in [7, 11) is 0. The summed E-state index contributed by atoms with van der Waals surface area (Å²) in [6.07, 6.45) is 6.60. The molecule has 0 saturated heterocycles. The van der Waals surface area contributed by atoms with Crippen LogP contribution in [0, 0.1) is 22.7 Å². The highest BCUT2D eigenvalue weighted by molar-refractivity contribution is 5.85. The Balaban J connectivity index is 1.88. The van der Waals surface area contributed by atoms with Crippen LogP contribution in [-0.4, -0.2) is 28.6 Å². The molecule has 4 nitrogen and oxygen atoms in total. The van der Waals surface area contributed by atoms with Gasteiger partial charge in [-0.25, -0.2) is 4.79 Å². The van der Waals surface area contributed by atoms with E-state index < -0.39 is 18.4 Å². The highest BCUT2D eigenvalue weighted by atomic mass is 16.6. The molecule has 1 heterocycles. The molecule has 0 bridgehead atoms. The zero-order valence-electron chi connectivity index (χ0n) is 15.2. The second-order valence-electron chi connectivity index (χ2n) is 8.53. The number of fused-ring (bicyclic) bond motifs is 1. The molecule has 24 heavy (non-hydrogen) atoms. The van der Waals surface area contributed by atoms with Gasteiger partial charge in [-0.15, -0.1) is 0 Å². The summed E-state index contributed by atoms with van der Waals surface area (Å²) in [4.78, 5) is 11.3. The van der Waals surface area contributed by atoms with Crippen LogP contribution in [0.4, 0.5) is 0 Å². The van der Waals surface area contributed by atoms with E-state index in [1.165, 1.54) is 18.1 Å². The van der Waals surface area contributed by atoms with E-state index in [4.69, 9.17) is 4.74 Å². The summed E-state index contributed by atoms with van der Waals surface area (Å²) in [5.74, 6) is 0.427. The Morgan fingerprint density at radius 2 is 2.08 bits per heavy atom. The molecule has 1 fully saturated rings. The Kier molecular flexibility index (Phi) is 4.42. The van der Waals surface area contributed by atoms with Gasteiger partial charge >= 0.3 is 5.97 Å². The maximum Gasteiger partial charge on any atom is 0.333 e. The van der Waals surface area contributed by atoms with Gasteiger partial charge < -0.3 is 14.9 Å². The van der Waals surface area contributed by atoms with Crippen LogP contribution in [0.1, 0.15) is 59.8 Å². The highest BCUT2D eigenvalue weighted by Gasteiger charge is 2.54. The summed E-state index contributed by atoms with van der Waals surface area (Å²) in [5, 5.41) is 20.6. The fraction of sp³-hybridized carbons (Fsp3) is 0.750. The number of ether oxygens (including phenoxy) is 1. The number of carbonyl (C=O) groups is 1. The van der Waals surface area contributed by atoms with Crippen LogP contribution in [0.15, 0.2) is 23.3 Å². The zero-order chi connectivity index (χ0) is 17.7. The second kappa shape index (κ2) is 5.99. The normalized spacial score (nSPS) is 43.6. The van der Waals surface area contributed by atoms with Crippen molar-refractivity contribution in [2.24, 2.45) is 22.7 Å². The topological polar surface area (TPSA) is 66.8 Å². The van der Waals surface area contributed by atoms with Crippen LogP contribution < -0.4 is 0 Å². The maximum absolute atomic E-state index is 11.3. The van der Waals surface area contributed by atoms with Crippen molar-refractivity contribution in [3.05, 3.63) is 23.3 Å². The standard InChI is InChI=1S/C20H30O4/c1-12-6-5-7-16-19(12,3)9-8-13(2)20(16,4)11-15(21)14-10-17(22)24-18(14)23/h6,10,13,15-16,18,21,23H,5,7-9,11H2,1-4H3/t13-,15+,16+,18+,19+,20+/m1/s1. The minimum absolute atomic E-state index is 0.0336. The molecular weight excluding hydrogens is 304 g/mol. The number of allylic oxidation sites excluding steroid dienone is 2. The predicted octanol–water partition coefficient (Wildman–Crippen LogP) is 3.34. The van der Waals surface area contributed by atoms with Crippen molar-refractivity contribution in [1.29, 1.82) is 0 Å². The molecule has 2 N–H and O–H groups in total. The molecule has 0 aromatic carbocycles. The van der Waals surface area contributed by atoms with Crippen LogP contribution in [0.5, 0.6) is 0 Å². The van der Waals surface area contributed by atoms with Gasteiger partial charge in [0.25, 0.3) is 0 Å². The van der Waals surface area contributed by atoms with E-state index >= 15 is 0 Å². The monoisotopic (exact) mass is 334 g/mol. The van der Waals surface area contributed by atoms with Crippen molar-refractivity contribution in [3.63, 3.8) is 0 Å². The van der Waals surface area contributed by atoms with Gasteiger partial charge in [0.1, 0.15) is 0 Å². The Morgan fingerprint density at radius 3 is 2.71 bits per heavy atom. The first-order valence-corrected chi connectivity index (χ1v) is 9.14. The van der Waals surface area contributed by atoms with E-state index in [0.717, 1.165) is 19.3 Å². The molecule has 0 radical (unpaired) electrons. The molecule has 134 valence electrons. The SMILES string of the molecule is CC1=CCC[C@@H]2[C@@](C)(C[C@H](O)C3=CC(=O)O[C@@H]3O)[C@H](C)CC[C@@]12C. The fourth-order valence-corrected chi connectivity index (χ4v) is 5.47. The minimum atomic E-state index is -1.30. The molecular formula is C20H30O4. The Bertz CT molecular complexity index is 592. The number of hydrogen-bond acceptors (Lipinski definition) is 4. The lowest BCUT2D eigenvalue weighted by Gasteiger charge is -2.58. The second-order valence-corrected chi connectivity index (χ2v) is 8.53. The summed E-state index contributed by atoms with van der Waals surface area (Å²) in [5.41, 5.74) is 1.94. The van der Waals surface area contributed by atoms with Gasteiger partial charge in [0, 0.05) is 11.6 Å². The van der Waals surface area contributed by atoms with Gasteiger partial charge in [-0.3, -0.25) is 0 Å². The number of aliphatic hydroxyl groups excluding tert-OH is 2. The van der Waals surface area contributed by atoms with Crippen molar-refractivity contribution in [3.8, 4) is 0 Å². The Morgan fingerprint density at radius 1 is 1.38 bits per heavy atom. The first-order chi connectivity index (χ1) is 11.2. The van der Waals surface area contributed by atoms with Crippen LogP contribution in [0.2, 0.25) is 0 Å². The molecule has 0 spiro atoms. The molecule has 2 aliphatic carbocycles. The first-order valence-electron chi connectivity index (χ1n) is 9.14. The van der Waals surface area contributed by atoms with Crippen molar-refractivity contribution >= 4 is 5.97 Å². The molecule has 0 aromatic heterocycles. The van der Waals surface area contributed by atoms with Crippen molar-refractivity contribution in [2.45, 2.75) is 72.2 Å². The van der Waals surface area contributed by atoms with Crippen molar-refractivity contribution < 1.29 is 19.7 Å². The third kappa shape index (κ3) is 2.64. The average molecular weight is 334 g/mol. The lowest BCUT2D eigenvalue weighted by molar-refractivity contribution is -0.152. The summed E-state index contributed by atoms with van der Waals surface area (Å²) >= 11 is 0. The zero-order valence-corrected chi connectivity index (χ0v) is 15.2. The number of esters is 1. The Labute approximate surface area is 144 Å². The largest absolute Gasteiger partial charge is 0.429 e. The van der Waals surface area contributed by atoms with Gasteiger partial charge in [-0.1, -0.05) is 32.4 Å². The number of carbonyl (C=O) groups excluding carboxylic acids is 1. The van der Waals surface area contributed by atoms with E-state index in [1.54, 1.807) is 0 Å². The molecule has 3 rings (SSSR count). The molecule has 3 aliphatic rings. The van der Waals surface area contributed by atoms with Gasteiger partial charge in [0.15, 0.2) is 0 Å². The van der Waals surface area contributed by atoms with E-state index in [0.29, 0.717) is 23.8 Å². The van der Waals surface area contributed by atoms with Gasteiger partial charge in [-0.05, 0) is 61.7 Å².